The lowest BCUT2D eigenvalue weighted by Crippen LogP contribution is -2.71. The Bertz CT molecular complexity index is 1280. The van der Waals surface area contributed by atoms with Crippen LogP contribution in [0, 0.1) is 56.7 Å². The fourth-order valence-electron chi connectivity index (χ4n) is 11.6. The van der Waals surface area contributed by atoms with Crippen LogP contribution in [-0.4, -0.2) is 73.6 Å². The highest BCUT2D eigenvalue weighted by Gasteiger charge is 2.74. The monoisotopic (exact) mass is 659 g/mol. The number of carboxylic acid groups (broad SMARTS) is 1. The third kappa shape index (κ3) is 5.45. The highest BCUT2D eigenvalue weighted by atomic mass is 16.6. The smallest absolute Gasteiger partial charge is 0.308 e. The van der Waals surface area contributed by atoms with Crippen LogP contribution >= 0.6 is 0 Å². The largest absolute Gasteiger partial charge is 0.481 e. The summed E-state index contributed by atoms with van der Waals surface area (Å²) in [5, 5.41) is 10.9. The molecule has 12 atom stereocenters. The maximum atomic E-state index is 14.8. The van der Waals surface area contributed by atoms with E-state index in [0.29, 0.717) is 32.2 Å². The fourth-order valence-corrected chi connectivity index (χ4v) is 11.6. The molecule has 4 aliphatic carbocycles. The zero-order valence-electron chi connectivity index (χ0n) is 30.5. The molecule has 0 aromatic rings. The molecule has 5 rings (SSSR count). The molecule has 1 heterocycles. The Morgan fingerprint density at radius 2 is 1.72 bits per heavy atom. The van der Waals surface area contributed by atoms with Gasteiger partial charge in [-0.05, 0) is 86.5 Å². The van der Waals surface area contributed by atoms with E-state index >= 15 is 0 Å². The zero-order chi connectivity index (χ0) is 34.9. The summed E-state index contributed by atoms with van der Waals surface area (Å²) in [6, 6.07) is -0.334. The van der Waals surface area contributed by atoms with Crippen molar-refractivity contribution in [2.75, 3.05) is 26.4 Å². The van der Waals surface area contributed by atoms with E-state index in [4.69, 9.17) is 24.7 Å². The van der Waals surface area contributed by atoms with Gasteiger partial charge in [-0.2, -0.15) is 0 Å². The lowest BCUT2D eigenvalue weighted by molar-refractivity contribution is -0.266. The first-order chi connectivity index (χ1) is 21.8. The normalized spacial score (nSPS) is 44.1. The van der Waals surface area contributed by atoms with E-state index in [1.165, 1.54) is 6.92 Å². The molecule has 47 heavy (non-hydrogen) atoms. The van der Waals surface area contributed by atoms with Gasteiger partial charge < -0.3 is 29.8 Å². The molecule has 4 fully saturated rings. The minimum absolute atomic E-state index is 0.0187. The molecule has 3 saturated carbocycles. The highest BCUT2D eigenvalue weighted by molar-refractivity contribution is 6.00. The van der Waals surface area contributed by atoms with E-state index in [1.54, 1.807) is 0 Å². The number of rotatable bonds is 10. The lowest BCUT2D eigenvalue weighted by atomic mass is 9.34. The van der Waals surface area contributed by atoms with Crippen LogP contribution in [0.4, 0.5) is 0 Å². The van der Waals surface area contributed by atoms with Gasteiger partial charge in [-0.15, -0.1) is 0 Å². The maximum Gasteiger partial charge on any atom is 0.308 e. The number of ether oxygens (including phenoxy) is 4. The van der Waals surface area contributed by atoms with Gasteiger partial charge in [-0.3, -0.25) is 14.4 Å². The Morgan fingerprint density at radius 1 is 1.04 bits per heavy atom. The zero-order valence-corrected chi connectivity index (χ0v) is 30.5. The second kappa shape index (κ2) is 12.5. The number of carboxylic acids is 1. The molecule has 5 aliphatic rings. The Balaban J connectivity index is 1.57. The second-order valence-electron chi connectivity index (χ2n) is 17.5. The van der Waals surface area contributed by atoms with Gasteiger partial charge in [-0.1, -0.05) is 54.0 Å². The van der Waals surface area contributed by atoms with Crippen LogP contribution in [0.1, 0.15) is 101 Å². The lowest BCUT2D eigenvalue weighted by Gasteiger charge is -2.70. The van der Waals surface area contributed by atoms with Crippen LogP contribution in [0.3, 0.4) is 0 Å². The number of fused-ring (bicyclic) bond motifs is 3. The Hall–Kier alpha value is -1.81. The van der Waals surface area contributed by atoms with E-state index in [1.807, 2.05) is 26.8 Å². The van der Waals surface area contributed by atoms with Gasteiger partial charge in [0.2, 0.25) is 0 Å². The topological polar surface area (TPSA) is 134 Å². The minimum atomic E-state index is -1.06. The number of hydrogen-bond donors (Lipinski definition) is 2. The summed E-state index contributed by atoms with van der Waals surface area (Å²) in [5.74, 6) is -1.55. The molecular formula is C38H61NO8. The van der Waals surface area contributed by atoms with Crippen molar-refractivity contribution < 1.29 is 38.4 Å². The van der Waals surface area contributed by atoms with Crippen molar-refractivity contribution in [1.29, 1.82) is 0 Å². The number of ketones is 1. The summed E-state index contributed by atoms with van der Waals surface area (Å²) in [7, 11) is 0. The van der Waals surface area contributed by atoms with Crippen molar-refractivity contribution in [3.05, 3.63) is 11.6 Å². The minimum Gasteiger partial charge on any atom is -0.481 e. The molecule has 2 bridgehead atoms. The van der Waals surface area contributed by atoms with Crippen molar-refractivity contribution >= 4 is 17.7 Å². The summed E-state index contributed by atoms with van der Waals surface area (Å²) < 4.78 is 24.9. The number of carbonyl (C=O) groups is 3. The van der Waals surface area contributed by atoms with E-state index < -0.39 is 51.2 Å². The molecule has 9 nitrogen and oxygen atoms in total. The van der Waals surface area contributed by atoms with Crippen molar-refractivity contribution in [2.24, 2.45) is 62.4 Å². The van der Waals surface area contributed by atoms with Gasteiger partial charge in [-0.25, -0.2) is 0 Å². The molecule has 3 N–H and O–H groups in total. The van der Waals surface area contributed by atoms with E-state index in [0.717, 1.165) is 31.3 Å². The molecule has 9 heteroatoms. The van der Waals surface area contributed by atoms with Crippen LogP contribution < -0.4 is 5.73 Å². The second-order valence-corrected chi connectivity index (χ2v) is 17.5. The first-order valence-electron chi connectivity index (χ1n) is 18.0. The van der Waals surface area contributed by atoms with Gasteiger partial charge in [0.25, 0.3) is 0 Å². The molecule has 266 valence electrons. The number of carbonyl (C=O) groups excluding carboxylic acids is 2. The summed E-state index contributed by atoms with van der Waals surface area (Å²) in [4.78, 5) is 40.7. The third-order valence-corrected chi connectivity index (χ3v) is 14.4. The molecular weight excluding hydrogens is 598 g/mol. The van der Waals surface area contributed by atoms with E-state index in [9.17, 15) is 19.5 Å². The molecule has 0 spiro atoms. The van der Waals surface area contributed by atoms with Gasteiger partial charge in [0, 0.05) is 23.2 Å². The molecule has 1 aliphatic heterocycles. The number of aliphatic carboxylic acids is 1. The predicted octanol–water partition coefficient (Wildman–Crippen LogP) is 5.82. The van der Waals surface area contributed by atoms with Gasteiger partial charge in [0.05, 0.1) is 44.5 Å². The third-order valence-electron chi connectivity index (χ3n) is 14.4. The maximum absolute atomic E-state index is 14.8. The molecule has 1 saturated heterocycles. The molecule has 0 radical (unpaired) electrons. The first kappa shape index (κ1) is 36.5. The highest BCUT2D eigenvalue weighted by Crippen LogP contribution is 2.74. The van der Waals surface area contributed by atoms with Crippen molar-refractivity contribution in [3.63, 3.8) is 0 Å². The van der Waals surface area contributed by atoms with Crippen LogP contribution in [-0.2, 0) is 33.3 Å². The van der Waals surface area contributed by atoms with Crippen molar-refractivity contribution in [2.45, 2.75) is 126 Å². The van der Waals surface area contributed by atoms with Crippen molar-refractivity contribution in [1.82, 2.24) is 0 Å². The van der Waals surface area contributed by atoms with E-state index in [-0.39, 0.29) is 48.3 Å². The fraction of sp³-hybridized carbons (Fsp3) is 0.868. The van der Waals surface area contributed by atoms with E-state index in [2.05, 4.69) is 41.5 Å². The summed E-state index contributed by atoms with van der Waals surface area (Å²) in [5.41, 5.74) is 4.32. The standard InChI is InChI=1S/C38H61NO8/c1-21(2)23(5)34(7)13-14-36(9)26-11-12-29-35(8)19-44-20-38(29,27(26)15-30(41)37(36,10)31(34)33(42)43)16-28(47-24(6)40)32(35)46-18-25(39)17-45-22(3)4/h15,21-23,25-26,28-29,31-32H,11-14,16-20,39H2,1-10H3,(H,42,43)/t23-,25?,26+,28-,29+,31-,32+,34-,35?,36-,37+,38+/m1/s1. The van der Waals surface area contributed by atoms with Crippen LogP contribution in [0.15, 0.2) is 11.6 Å². The van der Waals surface area contributed by atoms with Crippen molar-refractivity contribution in [3.8, 4) is 0 Å². The first-order valence-corrected chi connectivity index (χ1v) is 18.0. The number of allylic oxidation sites excluding steroid dienone is 1. The Kier molecular flexibility index (Phi) is 9.70. The number of hydrogen-bond acceptors (Lipinski definition) is 8. The van der Waals surface area contributed by atoms with Crippen LogP contribution in [0.5, 0.6) is 0 Å². The predicted molar refractivity (Wildman–Crippen MR) is 178 cm³/mol. The average molecular weight is 660 g/mol. The molecule has 2 unspecified atom stereocenters. The average Bonchev–Trinajstić information content (AvgIpc) is 2.96. The SMILES string of the molecule is CC(=O)O[C@@H]1C[C@@]23COCC(C)([C@H]1OCC(N)COC(C)C)[C@@H]2CC[C@H]1C3=CC(=O)[C@@]2(C)[C@H](C(=O)O)[C@@](C)([C@H](C)C(C)C)CC[C@]12C. The number of nitrogens with two attached hydrogens (primary N) is 1. The van der Waals surface area contributed by atoms with Crippen LogP contribution in [0.2, 0.25) is 0 Å². The van der Waals surface area contributed by atoms with Crippen LogP contribution in [0.25, 0.3) is 0 Å². The van der Waals surface area contributed by atoms with Gasteiger partial charge >= 0.3 is 11.9 Å². The molecule has 0 amide bonds. The summed E-state index contributed by atoms with van der Waals surface area (Å²) in [6.45, 7) is 21.8. The summed E-state index contributed by atoms with van der Waals surface area (Å²) in [6.07, 6.45) is 4.70. The Labute approximate surface area is 282 Å². The number of esters is 1. The Morgan fingerprint density at radius 3 is 2.32 bits per heavy atom. The molecule has 0 aromatic carbocycles. The molecule has 0 aromatic heterocycles. The quantitative estimate of drug-likeness (QED) is 0.278. The van der Waals surface area contributed by atoms with Gasteiger partial charge in [0.15, 0.2) is 5.78 Å². The van der Waals surface area contributed by atoms with Gasteiger partial charge in [0.1, 0.15) is 12.2 Å². The summed E-state index contributed by atoms with van der Waals surface area (Å²) >= 11 is 0.